The fraction of sp³-hybridized carbons (Fsp3) is 0.652. The lowest BCUT2D eigenvalue weighted by Crippen LogP contribution is -2.46. The van der Waals surface area contributed by atoms with Gasteiger partial charge in [0.05, 0.1) is 6.10 Å². The summed E-state index contributed by atoms with van der Waals surface area (Å²) in [5.74, 6) is 1.17. The smallest absolute Gasteiger partial charge is 0.226 e. The quantitative estimate of drug-likeness (QED) is 0.401. The minimum absolute atomic E-state index is 0.235. The van der Waals surface area contributed by atoms with Crippen LogP contribution in [0.15, 0.2) is 29.3 Å². The van der Waals surface area contributed by atoms with Gasteiger partial charge in [0.2, 0.25) is 5.91 Å². The molecule has 1 aromatic rings. The SMILES string of the molecule is CN=C(NCc1ccc(N2CCCCC2=O)cc1)N1CCC(OCCCOC)CC1. The van der Waals surface area contributed by atoms with Crippen LogP contribution in [-0.2, 0) is 20.8 Å². The summed E-state index contributed by atoms with van der Waals surface area (Å²) in [6.45, 7) is 4.97. The van der Waals surface area contributed by atoms with E-state index in [0.29, 0.717) is 19.1 Å². The molecule has 2 fully saturated rings. The number of methoxy groups -OCH3 is 1. The van der Waals surface area contributed by atoms with Gasteiger partial charge in [0.1, 0.15) is 0 Å². The molecule has 0 bridgehead atoms. The molecule has 7 nitrogen and oxygen atoms in total. The van der Waals surface area contributed by atoms with Gasteiger partial charge in [0, 0.05) is 65.7 Å². The molecular formula is C23H36N4O3. The van der Waals surface area contributed by atoms with E-state index in [0.717, 1.165) is 76.6 Å². The van der Waals surface area contributed by atoms with E-state index in [1.165, 1.54) is 5.56 Å². The summed E-state index contributed by atoms with van der Waals surface area (Å²) in [4.78, 5) is 20.8. The lowest BCUT2D eigenvalue weighted by Gasteiger charge is -2.34. The zero-order valence-corrected chi connectivity index (χ0v) is 18.4. The summed E-state index contributed by atoms with van der Waals surface area (Å²) in [6, 6.07) is 8.29. The standard InChI is InChI=1S/C23H36N4O3/c1-24-23(26-14-11-21(12-15-26)30-17-5-16-29-2)25-18-19-7-9-20(10-8-19)27-13-4-3-6-22(27)28/h7-10,21H,3-6,11-18H2,1-2H3,(H,24,25). The van der Waals surface area contributed by atoms with Gasteiger partial charge < -0.3 is 24.6 Å². The van der Waals surface area contributed by atoms with E-state index >= 15 is 0 Å². The molecule has 1 aromatic carbocycles. The topological polar surface area (TPSA) is 66.4 Å². The zero-order valence-electron chi connectivity index (χ0n) is 18.4. The highest BCUT2D eigenvalue weighted by atomic mass is 16.5. The maximum atomic E-state index is 12.1. The van der Waals surface area contributed by atoms with E-state index in [4.69, 9.17) is 9.47 Å². The molecule has 0 radical (unpaired) electrons. The van der Waals surface area contributed by atoms with Crippen molar-refractivity contribution in [3.05, 3.63) is 29.8 Å². The van der Waals surface area contributed by atoms with Crippen LogP contribution in [0.2, 0.25) is 0 Å². The molecule has 2 saturated heterocycles. The summed E-state index contributed by atoms with van der Waals surface area (Å²) in [5, 5.41) is 3.48. The van der Waals surface area contributed by atoms with Gasteiger partial charge in [-0.3, -0.25) is 9.79 Å². The number of benzene rings is 1. The molecule has 1 amide bonds. The number of carbonyl (C=O) groups excluding carboxylic acids is 1. The number of hydrogen-bond donors (Lipinski definition) is 1. The van der Waals surface area contributed by atoms with Crippen molar-refractivity contribution < 1.29 is 14.3 Å². The van der Waals surface area contributed by atoms with Crippen LogP contribution in [0.3, 0.4) is 0 Å². The first-order valence-electron chi connectivity index (χ1n) is 11.2. The van der Waals surface area contributed by atoms with Crippen LogP contribution in [0.5, 0.6) is 0 Å². The maximum absolute atomic E-state index is 12.1. The van der Waals surface area contributed by atoms with Gasteiger partial charge in [0.25, 0.3) is 0 Å². The predicted molar refractivity (Wildman–Crippen MR) is 120 cm³/mol. The number of hydrogen-bond acceptors (Lipinski definition) is 4. The molecule has 0 aromatic heterocycles. The van der Waals surface area contributed by atoms with Gasteiger partial charge in [0.15, 0.2) is 5.96 Å². The van der Waals surface area contributed by atoms with E-state index in [1.807, 2.05) is 11.9 Å². The fourth-order valence-electron chi connectivity index (χ4n) is 4.07. The predicted octanol–water partition coefficient (Wildman–Crippen LogP) is 2.80. The molecular weight excluding hydrogens is 380 g/mol. The normalized spacial score (nSPS) is 18.7. The number of piperidine rings is 2. The first-order chi connectivity index (χ1) is 14.7. The Hall–Kier alpha value is -2.12. The van der Waals surface area contributed by atoms with Crippen LogP contribution >= 0.6 is 0 Å². The average molecular weight is 417 g/mol. The fourth-order valence-corrected chi connectivity index (χ4v) is 4.07. The molecule has 0 aliphatic carbocycles. The minimum Gasteiger partial charge on any atom is -0.385 e. The Labute approximate surface area is 180 Å². The molecule has 2 aliphatic heterocycles. The van der Waals surface area contributed by atoms with Crippen LogP contribution in [0.1, 0.15) is 44.1 Å². The van der Waals surface area contributed by atoms with Gasteiger partial charge in [-0.25, -0.2) is 0 Å². The Morgan fingerprint density at radius 2 is 1.90 bits per heavy atom. The largest absolute Gasteiger partial charge is 0.385 e. The number of guanidine groups is 1. The third-order valence-corrected chi connectivity index (χ3v) is 5.82. The second kappa shape index (κ2) is 11.9. The van der Waals surface area contributed by atoms with Gasteiger partial charge >= 0.3 is 0 Å². The highest BCUT2D eigenvalue weighted by molar-refractivity contribution is 5.93. The monoisotopic (exact) mass is 416 g/mol. The molecule has 2 aliphatic rings. The molecule has 3 rings (SSSR count). The number of amides is 1. The van der Waals surface area contributed by atoms with Crippen molar-refractivity contribution >= 4 is 17.6 Å². The Bertz CT molecular complexity index is 684. The molecule has 0 unspecified atom stereocenters. The number of rotatable bonds is 8. The van der Waals surface area contributed by atoms with Crippen molar-refractivity contribution in [3.63, 3.8) is 0 Å². The van der Waals surface area contributed by atoms with Crippen LogP contribution < -0.4 is 10.2 Å². The van der Waals surface area contributed by atoms with Crippen LogP contribution in [-0.4, -0.2) is 69.9 Å². The van der Waals surface area contributed by atoms with Crippen molar-refractivity contribution in [3.8, 4) is 0 Å². The molecule has 166 valence electrons. The molecule has 0 atom stereocenters. The summed E-state index contributed by atoms with van der Waals surface area (Å²) >= 11 is 0. The first-order valence-corrected chi connectivity index (χ1v) is 11.2. The number of anilines is 1. The van der Waals surface area contributed by atoms with Gasteiger partial charge in [-0.15, -0.1) is 0 Å². The molecule has 0 spiro atoms. The number of nitrogens with one attached hydrogen (secondary N) is 1. The second-order valence-electron chi connectivity index (χ2n) is 7.97. The van der Waals surface area contributed by atoms with Crippen molar-refractivity contribution in [2.75, 3.05) is 51.9 Å². The van der Waals surface area contributed by atoms with Crippen molar-refractivity contribution in [2.24, 2.45) is 4.99 Å². The lowest BCUT2D eigenvalue weighted by atomic mass is 10.1. The summed E-state index contributed by atoms with van der Waals surface area (Å²) < 4.78 is 11.0. The van der Waals surface area contributed by atoms with Crippen LogP contribution in [0.25, 0.3) is 0 Å². The van der Waals surface area contributed by atoms with Gasteiger partial charge in [-0.1, -0.05) is 12.1 Å². The summed E-state index contributed by atoms with van der Waals surface area (Å²) in [6.07, 6.45) is 6.08. The average Bonchev–Trinajstić information content (AvgIpc) is 2.79. The van der Waals surface area contributed by atoms with E-state index in [9.17, 15) is 4.79 Å². The van der Waals surface area contributed by atoms with Gasteiger partial charge in [-0.2, -0.15) is 0 Å². The number of nitrogens with zero attached hydrogens (tertiary/aromatic N) is 3. The minimum atomic E-state index is 0.235. The molecule has 0 saturated carbocycles. The highest BCUT2D eigenvalue weighted by Gasteiger charge is 2.22. The maximum Gasteiger partial charge on any atom is 0.226 e. The van der Waals surface area contributed by atoms with E-state index < -0.39 is 0 Å². The third-order valence-electron chi connectivity index (χ3n) is 5.82. The van der Waals surface area contributed by atoms with Crippen LogP contribution in [0.4, 0.5) is 5.69 Å². The molecule has 7 heteroatoms. The van der Waals surface area contributed by atoms with E-state index in [1.54, 1.807) is 7.11 Å². The summed E-state index contributed by atoms with van der Waals surface area (Å²) in [5.41, 5.74) is 2.18. The Kier molecular flexibility index (Phi) is 8.96. The molecule has 1 N–H and O–H groups in total. The second-order valence-corrected chi connectivity index (χ2v) is 7.97. The number of ether oxygens (including phenoxy) is 2. The number of likely N-dealkylation sites (tertiary alicyclic amines) is 1. The Morgan fingerprint density at radius 1 is 1.13 bits per heavy atom. The van der Waals surface area contributed by atoms with E-state index in [2.05, 4.69) is 39.5 Å². The van der Waals surface area contributed by atoms with Gasteiger partial charge in [-0.05, 0) is 49.8 Å². The number of carbonyl (C=O) groups is 1. The highest BCUT2D eigenvalue weighted by Crippen LogP contribution is 2.21. The lowest BCUT2D eigenvalue weighted by molar-refractivity contribution is -0.119. The molecule has 30 heavy (non-hydrogen) atoms. The Balaban J connectivity index is 1.43. The molecule has 2 heterocycles. The van der Waals surface area contributed by atoms with Crippen molar-refractivity contribution in [2.45, 2.75) is 51.2 Å². The van der Waals surface area contributed by atoms with Crippen molar-refractivity contribution in [1.29, 1.82) is 0 Å². The zero-order chi connectivity index (χ0) is 21.2. The van der Waals surface area contributed by atoms with Crippen molar-refractivity contribution in [1.82, 2.24) is 10.2 Å². The Morgan fingerprint density at radius 3 is 2.57 bits per heavy atom. The van der Waals surface area contributed by atoms with Crippen LogP contribution in [0, 0.1) is 0 Å². The van der Waals surface area contributed by atoms with E-state index in [-0.39, 0.29) is 5.91 Å². The third kappa shape index (κ3) is 6.44. The summed E-state index contributed by atoms with van der Waals surface area (Å²) in [7, 11) is 3.56. The first kappa shape index (κ1) is 22.6. The number of aliphatic imine (C=N–C) groups is 1.